The third-order valence-corrected chi connectivity index (χ3v) is 2.54. The zero-order valence-corrected chi connectivity index (χ0v) is 9.21. The number of alkyl halides is 3. The molecule has 0 spiro atoms. The Kier molecular flexibility index (Phi) is 3.20. The number of carboxylic acid groups (broad SMARTS) is 1. The van der Waals surface area contributed by atoms with Crippen molar-refractivity contribution >= 4 is 5.97 Å². The van der Waals surface area contributed by atoms with E-state index in [1.165, 1.54) is 0 Å². The highest BCUT2D eigenvalue weighted by atomic mass is 19.4. The van der Waals surface area contributed by atoms with E-state index >= 15 is 0 Å². The van der Waals surface area contributed by atoms with Crippen molar-refractivity contribution in [2.75, 3.05) is 6.54 Å². The lowest BCUT2D eigenvalue weighted by molar-refractivity contribution is -0.128. The van der Waals surface area contributed by atoms with Gasteiger partial charge in [0.15, 0.2) is 5.69 Å². The van der Waals surface area contributed by atoms with Crippen LogP contribution in [0.4, 0.5) is 13.2 Å². The zero-order valence-electron chi connectivity index (χ0n) is 9.21. The van der Waals surface area contributed by atoms with Gasteiger partial charge in [-0.25, -0.2) is 14.8 Å². The number of carbonyl (C=O) groups is 1. The predicted octanol–water partition coefficient (Wildman–Crippen LogP) is 0.925. The first kappa shape index (κ1) is 12.7. The molecule has 0 atom stereocenters. The van der Waals surface area contributed by atoms with Gasteiger partial charge in [0.25, 0.3) is 0 Å². The summed E-state index contributed by atoms with van der Waals surface area (Å²) < 4.78 is 36.8. The van der Waals surface area contributed by atoms with Crippen molar-refractivity contribution in [3.8, 4) is 0 Å². The second-order valence-electron chi connectivity index (χ2n) is 3.94. The molecule has 2 N–H and O–H groups in total. The van der Waals surface area contributed by atoms with Gasteiger partial charge < -0.3 is 10.4 Å². The number of carboxylic acids is 1. The average Bonchev–Trinajstić information content (AvgIpc) is 2.25. The first-order chi connectivity index (χ1) is 8.37. The molecule has 98 valence electrons. The van der Waals surface area contributed by atoms with Gasteiger partial charge in [0.1, 0.15) is 12.2 Å². The van der Waals surface area contributed by atoms with Crippen LogP contribution in [0.5, 0.6) is 0 Å². The summed E-state index contributed by atoms with van der Waals surface area (Å²) in [6.45, 7) is 0.832. The van der Waals surface area contributed by atoms with Crippen LogP contribution in [0.3, 0.4) is 0 Å². The second kappa shape index (κ2) is 4.52. The summed E-state index contributed by atoms with van der Waals surface area (Å²) in [5.41, 5.74) is 0.445. The Morgan fingerprint density at radius 1 is 1.39 bits per heavy atom. The van der Waals surface area contributed by atoms with Gasteiger partial charge in [-0.2, -0.15) is 13.2 Å². The second-order valence-corrected chi connectivity index (χ2v) is 3.94. The Balaban J connectivity index is 2.45. The number of aromatic nitrogens is 2. The number of hydrogen-bond donors (Lipinski definition) is 2. The smallest absolute Gasteiger partial charge is 0.396 e. The van der Waals surface area contributed by atoms with Crippen molar-refractivity contribution in [2.45, 2.75) is 25.6 Å². The maximum Gasteiger partial charge on any atom is 0.396 e. The summed E-state index contributed by atoms with van der Waals surface area (Å²) in [6.07, 6.45) is -5.37. The van der Waals surface area contributed by atoms with Crippen molar-refractivity contribution < 1.29 is 23.1 Å². The molecule has 1 aliphatic rings. The van der Waals surface area contributed by atoms with Crippen LogP contribution in [0.1, 0.15) is 27.6 Å². The molecule has 18 heavy (non-hydrogen) atoms. The molecular formula is C10H10F3N3O2. The van der Waals surface area contributed by atoms with Gasteiger partial charge in [-0.1, -0.05) is 0 Å². The lowest BCUT2D eigenvalue weighted by Gasteiger charge is -2.18. The number of halogens is 3. The molecule has 1 aromatic heterocycles. The Labute approximate surface area is 100 Å². The van der Waals surface area contributed by atoms with Gasteiger partial charge in [0.2, 0.25) is 0 Å². The Morgan fingerprint density at radius 2 is 2.11 bits per heavy atom. The molecule has 0 unspecified atom stereocenters. The summed E-state index contributed by atoms with van der Waals surface area (Å²) in [6, 6.07) is 0. The van der Waals surface area contributed by atoms with Crippen LogP contribution in [-0.2, 0) is 19.4 Å². The summed E-state index contributed by atoms with van der Waals surface area (Å²) >= 11 is 0. The predicted molar refractivity (Wildman–Crippen MR) is 54.2 cm³/mol. The standard InChI is InChI=1S/C10H10F3N3O2/c11-10(12,13)3-7-15-6-4-14-2-1-5(6)8(16-7)9(17)18/h14H,1-4H2,(H,17,18). The van der Waals surface area contributed by atoms with Gasteiger partial charge >= 0.3 is 12.1 Å². The molecule has 0 saturated heterocycles. The highest BCUT2D eigenvalue weighted by Gasteiger charge is 2.31. The lowest BCUT2D eigenvalue weighted by Crippen LogP contribution is -2.29. The first-order valence-corrected chi connectivity index (χ1v) is 5.26. The number of rotatable bonds is 2. The first-order valence-electron chi connectivity index (χ1n) is 5.26. The molecule has 0 aliphatic carbocycles. The summed E-state index contributed by atoms with van der Waals surface area (Å²) in [5, 5.41) is 11.9. The van der Waals surface area contributed by atoms with Crippen molar-refractivity contribution in [2.24, 2.45) is 0 Å². The van der Waals surface area contributed by atoms with E-state index in [0.717, 1.165) is 0 Å². The molecule has 0 amide bonds. The summed E-state index contributed by atoms with van der Waals surface area (Å²) in [7, 11) is 0. The fourth-order valence-corrected chi connectivity index (χ4v) is 1.85. The van der Waals surface area contributed by atoms with E-state index in [0.29, 0.717) is 24.2 Å². The molecule has 0 radical (unpaired) electrons. The lowest BCUT2D eigenvalue weighted by atomic mass is 10.0. The Hall–Kier alpha value is -1.70. The number of nitrogens with zero attached hydrogens (tertiary/aromatic N) is 2. The highest BCUT2D eigenvalue weighted by molar-refractivity contribution is 5.87. The molecule has 1 aromatic rings. The van der Waals surface area contributed by atoms with Crippen molar-refractivity contribution in [1.29, 1.82) is 0 Å². The Morgan fingerprint density at radius 3 is 2.72 bits per heavy atom. The molecule has 2 heterocycles. The molecule has 0 saturated carbocycles. The molecular weight excluding hydrogens is 251 g/mol. The van der Waals surface area contributed by atoms with Crippen LogP contribution < -0.4 is 5.32 Å². The zero-order chi connectivity index (χ0) is 13.3. The number of hydrogen-bond acceptors (Lipinski definition) is 4. The SMILES string of the molecule is O=C(O)c1nc(CC(F)(F)F)nc2c1CCNC2. The minimum absolute atomic E-state index is 0.267. The van der Waals surface area contributed by atoms with Crippen LogP contribution >= 0.6 is 0 Å². The summed E-state index contributed by atoms with van der Waals surface area (Å²) in [4.78, 5) is 18.3. The molecule has 5 nitrogen and oxygen atoms in total. The Bertz CT molecular complexity index is 488. The van der Waals surface area contributed by atoms with Crippen LogP contribution in [0, 0.1) is 0 Å². The topological polar surface area (TPSA) is 75.1 Å². The van der Waals surface area contributed by atoms with Gasteiger partial charge in [-0.05, 0) is 13.0 Å². The molecule has 1 aliphatic heterocycles. The summed E-state index contributed by atoms with van der Waals surface area (Å²) in [5.74, 6) is -1.82. The van der Waals surface area contributed by atoms with Crippen LogP contribution in [0.2, 0.25) is 0 Å². The molecule has 0 bridgehead atoms. The maximum atomic E-state index is 12.3. The van der Waals surface area contributed by atoms with E-state index in [9.17, 15) is 18.0 Å². The molecule has 8 heteroatoms. The molecule has 2 rings (SSSR count). The number of aromatic carboxylic acids is 1. The fourth-order valence-electron chi connectivity index (χ4n) is 1.85. The van der Waals surface area contributed by atoms with Gasteiger partial charge in [0.05, 0.1) is 5.69 Å². The van der Waals surface area contributed by atoms with E-state index in [4.69, 9.17) is 5.11 Å². The number of nitrogens with one attached hydrogen (secondary N) is 1. The molecule has 0 fully saturated rings. The van der Waals surface area contributed by atoms with Crippen LogP contribution in [-0.4, -0.2) is 33.8 Å². The fraction of sp³-hybridized carbons (Fsp3) is 0.500. The third-order valence-electron chi connectivity index (χ3n) is 2.54. The van der Waals surface area contributed by atoms with Crippen molar-refractivity contribution in [3.05, 3.63) is 22.8 Å². The minimum atomic E-state index is -4.45. The monoisotopic (exact) mass is 261 g/mol. The number of fused-ring (bicyclic) bond motifs is 1. The average molecular weight is 261 g/mol. The van der Waals surface area contributed by atoms with E-state index in [1.54, 1.807) is 0 Å². The minimum Gasteiger partial charge on any atom is -0.477 e. The van der Waals surface area contributed by atoms with Crippen molar-refractivity contribution in [1.82, 2.24) is 15.3 Å². The van der Waals surface area contributed by atoms with Crippen molar-refractivity contribution in [3.63, 3.8) is 0 Å². The largest absolute Gasteiger partial charge is 0.477 e. The third kappa shape index (κ3) is 2.76. The van der Waals surface area contributed by atoms with E-state index in [-0.39, 0.29) is 12.2 Å². The van der Waals surface area contributed by atoms with E-state index < -0.39 is 24.4 Å². The normalized spacial score (nSPS) is 15.3. The van der Waals surface area contributed by atoms with Gasteiger partial charge in [0, 0.05) is 12.1 Å². The highest BCUT2D eigenvalue weighted by Crippen LogP contribution is 2.22. The molecule has 0 aromatic carbocycles. The maximum absolute atomic E-state index is 12.3. The van der Waals surface area contributed by atoms with Crippen LogP contribution in [0.25, 0.3) is 0 Å². The van der Waals surface area contributed by atoms with Crippen LogP contribution in [0.15, 0.2) is 0 Å². The van der Waals surface area contributed by atoms with Gasteiger partial charge in [-0.15, -0.1) is 0 Å². The quantitative estimate of drug-likeness (QED) is 0.828. The van der Waals surface area contributed by atoms with E-state index in [1.807, 2.05) is 0 Å². The van der Waals surface area contributed by atoms with Gasteiger partial charge in [-0.3, -0.25) is 0 Å². The van der Waals surface area contributed by atoms with E-state index in [2.05, 4.69) is 15.3 Å².